The second-order valence-electron chi connectivity index (χ2n) is 4.81. The molecule has 0 aliphatic carbocycles. The maximum absolute atomic E-state index is 10.4. The molecule has 1 atom stereocenters. The Labute approximate surface area is 130 Å². The first-order chi connectivity index (χ1) is 9.85. The lowest BCUT2D eigenvalue weighted by Gasteiger charge is -2.23. The van der Waals surface area contributed by atoms with E-state index in [0.29, 0.717) is 0 Å². The zero-order valence-corrected chi connectivity index (χ0v) is 14.1. The van der Waals surface area contributed by atoms with Gasteiger partial charge in [-0.05, 0) is 6.92 Å². The fourth-order valence-electron chi connectivity index (χ4n) is 1.27. The van der Waals surface area contributed by atoms with E-state index in [-0.39, 0.29) is 24.6 Å². The number of hydrogen-bond acceptors (Lipinski definition) is 8. The van der Waals surface area contributed by atoms with Crippen molar-refractivity contribution < 1.29 is 38.1 Å². The number of hydrogen-bond donors (Lipinski definition) is 0. The summed E-state index contributed by atoms with van der Waals surface area (Å²) in [7, 11) is 0. The molecule has 0 aliphatic heterocycles. The third-order valence-corrected chi connectivity index (χ3v) is 1.67. The number of ether oxygens (including phenoxy) is 4. The summed E-state index contributed by atoms with van der Waals surface area (Å²) in [6, 6.07) is 0. The van der Waals surface area contributed by atoms with Crippen LogP contribution in [0.2, 0.25) is 0 Å². The largest absolute Gasteiger partial charge is 0.462 e. The molecule has 0 aromatic heterocycles. The van der Waals surface area contributed by atoms with Crippen molar-refractivity contribution in [2.24, 2.45) is 0 Å². The average Bonchev–Trinajstić information content (AvgIpc) is 2.22. The third-order valence-electron chi connectivity index (χ3n) is 1.67. The van der Waals surface area contributed by atoms with Crippen molar-refractivity contribution in [3.63, 3.8) is 0 Å². The summed E-state index contributed by atoms with van der Waals surface area (Å²) >= 11 is 0. The molecule has 8 heteroatoms. The van der Waals surface area contributed by atoms with E-state index >= 15 is 0 Å². The highest BCUT2D eigenvalue weighted by atomic mass is 16.7. The second-order valence-corrected chi connectivity index (χ2v) is 4.81. The molecule has 0 fully saturated rings. The van der Waals surface area contributed by atoms with Gasteiger partial charge in [0.25, 0.3) is 5.79 Å². The molecule has 0 aromatic carbocycles. The van der Waals surface area contributed by atoms with Gasteiger partial charge in [-0.2, -0.15) is 0 Å². The van der Waals surface area contributed by atoms with Crippen LogP contribution in [0.15, 0.2) is 0 Å². The molecule has 8 nitrogen and oxygen atoms in total. The molecule has 0 heterocycles. The van der Waals surface area contributed by atoms with Gasteiger partial charge in [0.2, 0.25) is 0 Å². The highest BCUT2D eigenvalue weighted by Crippen LogP contribution is 2.10. The molecule has 0 radical (unpaired) electrons. The topological polar surface area (TPSA) is 105 Å². The van der Waals surface area contributed by atoms with Gasteiger partial charge in [-0.15, -0.1) is 0 Å². The zero-order chi connectivity index (χ0) is 17.9. The van der Waals surface area contributed by atoms with Crippen molar-refractivity contribution in [2.45, 2.75) is 60.4 Å². The van der Waals surface area contributed by atoms with Gasteiger partial charge in [-0.1, -0.05) is 0 Å². The van der Waals surface area contributed by atoms with Crippen molar-refractivity contribution in [3.05, 3.63) is 0 Å². The first-order valence-electron chi connectivity index (χ1n) is 6.55. The first kappa shape index (κ1) is 22.2. The summed E-state index contributed by atoms with van der Waals surface area (Å²) in [6.45, 7) is 9.89. The van der Waals surface area contributed by atoms with Crippen molar-refractivity contribution >= 4 is 23.9 Å². The lowest BCUT2D eigenvalue weighted by Crippen LogP contribution is -2.32. The SMILES string of the molecule is CC(=O)OC(C)(C)OC(C)=O.CC(=O)OCC(C)OC(C)=O. The zero-order valence-electron chi connectivity index (χ0n) is 14.1. The Balaban J connectivity index is 0. The summed E-state index contributed by atoms with van der Waals surface area (Å²) in [4.78, 5) is 41.5. The van der Waals surface area contributed by atoms with Gasteiger partial charge in [-0.3, -0.25) is 19.2 Å². The number of carbonyl (C=O) groups excluding carboxylic acids is 4. The van der Waals surface area contributed by atoms with Crippen LogP contribution in [-0.2, 0) is 38.1 Å². The fourth-order valence-corrected chi connectivity index (χ4v) is 1.27. The Bertz CT molecular complexity index is 382. The smallest absolute Gasteiger partial charge is 0.305 e. The van der Waals surface area contributed by atoms with Gasteiger partial charge in [0, 0.05) is 41.5 Å². The minimum absolute atomic E-state index is 0.120. The summed E-state index contributed by atoms with van der Waals surface area (Å²) in [5, 5.41) is 0. The summed E-state index contributed by atoms with van der Waals surface area (Å²) in [5.74, 6) is -2.85. The van der Waals surface area contributed by atoms with E-state index in [0.717, 1.165) is 0 Å². The molecule has 0 bridgehead atoms. The Kier molecular flexibility index (Phi) is 10.7. The molecule has 1 unspecified atom stereocenters. The lowest BCUT2D eigenvalue weighted by molar-refractivity contribution is -0.213. The number of rotatable bonds is 5. The van der Waals surface area contributed by atoms with Crippen LogP contribution < -0.4 is 0 Å². The molecule has 0 aliphatic rings. The van der Waals surface area contributed by atoms with Crippen molar-refractivity contribution in [2.75, 3.05) is 6.61 Å². The van der Waals surface area contributed by atoms with E-state index in [1.807, 2.05) is 0 Å². The highest BCUT2D eigenvalue weighted by molar-refractivity contribution is 5.68. The van der Waals surface area contributed by atoms with Crippen LogP contribution in [0, 0.1) is 0 Å². The Hall–Kier alpha value is -2.12. The third kappa shape index (κ3) is 17.9. The average molecular weight is 320 g/mol. The minimum Gasteiger partial charge on any atom is -0.462 e. The van der Waals surface area contributed by atoms with Gasteiger partial charge in [-0.25, -0.2) is 0 Å². The van der Waals surface area contributed by atoms with Crippen LogP contribution in [0.5, 0.6) is 0 Å². The molecular formula is C14H24O8. The van der Waals surface area contributed by atoms with Crippen LogP contribution in [0.4, 0.5) is 0 Å². The monoisotopic (exact) mass is 320 g/mol. The van der Waals surface area contributed by atoms with Crippen LogP contribution in [0.25, 0.3) is 0 Å². The van der Waals surface area contributed by atoms with E-state index in [9.17, 15) is 19.2 Å². The van der Waals surface area contributed by atoms with Crippen LogP contribution in [0.1, 0.15) is 48.5 Å². The lowest BCUT2D eigenvalue weighted by atomic mass is 10.4. The Morgan fingerprint density at radius 2 is 1.23 bits per heavy atom. The summed E-state index contributed by atoms with van der Waals surface area (Å²) < 4.78 is 18.6. The van der Waals surface area contributed by atoms with Gasteiger partial charge in [0.15, 0.2) is 0 Å². The number of carbonyl (C=O) groups is 4. The van der Waals surface area contributed by atoms with Crippen molar-refractivity contribution in [3.8, 4) is 0 Å². The Morgan fingerprint density at radius 1 is 0.818 bits per heavy atom. The van der Waals surface area contributed by atoms with Crippen molar-refractivity contribution in [1.82, 2.24) is 0 Å². The predicted octanol–water partition coefficient (Wildman–Crippen LogP) is 1.35. The van der Waals surface area contributed by atoms with E-state index in [2.05, 4.69) is 18.9 Å². The molecule has 0 spiro atoms. The van der Waals surface area contributed by atoms with E-state index in [1.165, 1.54) is 41.5 Å². The quantitative estimate of drug-likeness (QED) is 0.424. The highest BCUT2D eigenvalue weighted by Gasteiger charge is 2.23. The maximum Gasteiger partial charge on any atom is 0.305 e. The first-order valence-corrected chi connectivity index (χ1v) is 6.55. The molecule has 22 heavy (non-hydrogen) atoms. The van der Waals surface area contributed by atoms with Crippen LogP contribution >= 0.6 is 0 Å². The normalized spacial score (nSPS) is 11.2. The van der Waals surface area contributed by atoms with Crippen LogP contribution in [-0.4, -0.2) is 42.4 Å². The molecule has 0 rings (SSSR count). The maximum atomic E-state index is 10.4. The van der Waals surface area contributed by atoms with E-state index < -0.39 is 17.7 Å². The fraction of sp³-hybridized carbons (Fsp3) is 0.714. The molecular weight excluding hydrogens is 296 g/mol. The summed E-state index contributed by atoms with van der Waals surface area (Å²) in [5.41, 5.74) is 0. The van der Waals surface area contributed by atoms with Gasteiger partial charge >= 0.3 is 23.9 Å². The standard InChI is InChI=1S/2C7H12O4/c1-5(8)10-7(3,4)11-6(2)9;1-5(11-7(3)9)4-10-6(2)8/h1-4H3;5H,4H2,1-3H3. The Morgan fingerprint density at radius 3 is 1.50 bits per heavy atom. The van der Waals surface area contributed by atoms with Crippen molar-refractivity contribution in [1.29, 1.82) is 0 Å². The number of esters is 4. The summed E-state index contributed by atoms with van der Waals surface area (Å²) in [6.07, 6.45) is -0.364. The molecule has 128 valence electrons. The van der Waals surface area contributed by atoms with E-state index in [4.69, 9.17) is 0 Å². The molecule has 0 N–H and O–H groups in total. The van der Waals surface area contributed by atoms with Gasteiger partial charge < -0.3 is 18.9 Å². The molecule has 0 saturated carbocycles. The molecule has 0 aromatic rings. The van der Waals surface area contributed by atoms with Crippen LogP contribution in [0.3, 0.4) is 0 Å². The second kappa shape index (κ2) is 10.6. The minimum atomic E-state index is -1.16. The molecule has 0 amide bonds. The predicted molar refractivity (Wildman–Crippen MR) is 75.5 cm³/mol. The van der Waals surface area contributed by atoms with E-state index in [1.54, 1.807) is 6.92 Å². The van der Waals surface area contributed by atoms with Gasteiger partial charge in [0.1, 0.15) is 12.7 Å². The molecule has 0 saturated heterocycles. The van der Waals surface area contributed by atoms with Gasteiger partial charge in [0.05, 0.1) is 0 Å².